The van der Waals surface area contributed by atoms with E-state index in [9.17, 15) is 19.6 Å². The second kappa shape index (κ2) is 13.8. The van der Waals surface area contributed by atoms with Crippen molar-refractivity contribution in [2.75, 3.05) is 41.3 Å². The highest BCUT2D eigenvalue weighted by atomic mass is 16.2. The van der Waals surface area contributed by atoms with Gasteiger partial charge in [0.15, 0.2) is 5.82 Å². The lowest BCUT2D eigenvalue weighted by Crippen LogP contribution is -2.48. The molecule has 12 nitrogen and oxygen atoms in total. The average molecular weight is 652 g/mol. The molecule has 6 rings (SSSR count). The van der Waals surface area contributed by atoms with E-state index < -0.39 is 5.41 Å². The minimum atomic E-state index is -0.903. The molecule has 48 heavy (non-hydrogen) atoms. The van der Waals surface area contributed by atoms with Gasteiger partial charge >= 0.3 is 0 Å². The van der Waals surface area contributed by atoms with Crippen LogP contribution in [-0.4, -0.2) is 106 Å². The number of aryl methyl sites for hydroxylation is 2. The molecule has 0 spiro atoms. The molecule has 1 unspecified atom stereocenters. The maximum Gasteiger partial charge on any atom is 0.253 e. The molecule has 1 saturated heterocycles. The summed E-state index contributed by atoms with van der Waals surface area (Å²) in [5, 5.41) is 29.3. The van der Waals surface area contributed by atoms with Crippen LogP contribution in [0.5, 0.6) is 0 Å². The molecule has 2 fully saturated rings. The first-order valence-electron chi connectivity index (χ1n) is 17.0. The van der Waals surface area contributed by atoms with E-state index in [1.807, 2.05) is 36.4 Å². The minimum absolute atomic E-state index is 0.0593. The van der Waals surface area contributed by atoms with Crippen molar-refractivity contribution in [3.05, 3.63) is 75.6 Å². The van der Waals surface area contributed by atoms with Crippen molar-refractivity contribution in [3.8, 4) is 6.07 Å². The predicted octanol–water partition coefficient (Wildman–Crippen LogP) is 3.09. The largest absolute Gasteiger partial charge is 0.345 e. The quantitative estimate of drug-likeness (QED) is 0.358. The number of H-pyrrole nitrogens is 1. The lowest BCUT2D eigenvalue weighted by atomic mass is 9.66. The molecule has 12 heteroatoms. The number of carbonyl (C=O) groups is 3. The van der Waals surface area contributed by atoms with E-state index in [0.29, 0.717) is 55.1 Å². The Morgan fingerprint density at radius 2 is 1.56 bits per heavy atom. The standard InChI is InChI=1S/C36H45N9O3/c1-43(2)33(47)26-13-15-29-24(18-26)11-12-25-19-27(34(48)44(3)4)14-16-30(25)36(29,35-39-41-42-40-35)20-31(23-8-5-6-9-23)38-22-32(46)45-17-7-10-28(45)21-37/h13-16,18-19,23,28,31,38H,5-12,17,20,22H2,1-4H3,(H,39,40,41,42)/t28?,31-/m1/s1. The number of nitriles is 1. The smallest absolute Gasteiger partial charge is 0.253 e. The van der Waals surface area contributed by atoms with E-state index in [4.69, 9.17) is 0 Å². The number of hydrogen-bond acceptors (Lipinski definition) is 8. The Kier molecular flexibility index (Phi) is 9.60. The summed E-state index contributed by atoms with van der Waals surface area (Å²) in [6.07, 6.45) is 7.69. The van der Waals surface area contributed by atoms with E-state index in [-0.39, 0.29) is 36.3 Å². The number of rotatable bonds is 9. The number of amides is 3. The minimum Gasteiger partial charge on any atom is -0.345 e. The van der Waals surface area contributed by atoms with Crippen molar-refractivity contribution in [3.63, 3.8) is 0 Å². The number of nitrogens with zero attached hydrogens (tertiary/aromatic N) is 7. The lowest BCUT2D eigenvalue weighted by Gasteiger charge is -2.39. The van der Waals surface area contributed by atoms with Crippen molar-refractivity contribution in [2.45, 2.75) is 75.3 Å². The van der Waals surface area contributed by atoms with E-state index in [2.05, 4.69) is 32.0 Å². The van der Waals surface area contributed by atoms with Gasteiger partial charge in [-0.05, 0) is 97.4 Å². The van der Waals surface area contributed by atoms with Crippen LogP contribution in [0.15, 0.2) is 36.4 Å². The van der Waals surface area contributed by atoms with Gasteiger partial charge in [0.2, 0.25) is 5.91 Å². The molecule has 252 valence electrons. The highest BCUT2D eigenvalue weighted by Crippen LogP contribution is 2.48. The number of tetrazole rings is 1. The zero-order valence-corrected chi connectivity index (χ0v) is 28.3. The maximum atomic E-state index is 13.5. The monoisotopic (exact) mass is 651 g/mol. The second-order valence-corrected chi connectivity index (χ2v) is 13.9. The molecule has 2 heterocycles. The zero-order chi connectivity index (χ0) is 34.0. The third-order valence-corrected chi connectivity index (χ3v) is 10.6. The van der Waals surface area contributed by atoms with Crippen LogP contribution in [0.4, 0.5) is 0 Å². The van der Waals surface area contributed by atoms with Gasteiger partial charge in [-0.15, -0.1) is 10.2 Å². The van der Waals surface area contributed by atoms with Gasteiger partial charge in [0.25, 0.3) is 11.8 Å². The summed E-state index contributed by atoms with van der Waals surface area (Å²) in [5.74, 6) is 0.600. The van der Waals surface area contributed by atoms with Crippen molar-refractivity contribution < 1.29 is 14.4 Å². The van der Waals surface area contributed by atoms with Crippen LogP contribution < -0.4 is 5.32 Å². The van der Waals surface area contributed by atoms with Crippen molar-refractivity contribution in [1.82, 2.24) is 40.6 Å². The van der Waals surface area contributed by atoms with Gasteiger partial charge in [0.05, 0.1) is 18.0 Å². The summed E-state index contributed by atoms with van der Waals surface area (Å²) >= 11 is 0. The Morgan fingerprint density at radius 3 is 2.08 bits per heavy atom. The molecular weight excluding hydrogens is 606 g/mol. The van der Waals surface area contributed by atoms with E-state index in [1.54, 1.807) is 42.9 Å². The summed E-state index contributed by atoms with van der Waals surface area (Å²) < 4.78 is 0. The molecule has 0 radical (unpaired) electrons. The SMILES string of the molecule is CN(C)C(=O)c1ccc2c(c1)CCc1cc(C(=O)N(C)C)ccc1C2(C[C@@H](NCC(=O)N1CCCC1C#N)C1CCCC1)c1nn[nH]n1. The molecule has 2 aliphatic carbocycles. The van der Waals surface area contributed by atoms with Crippen LogP contribution in [0.2, 0.25) is 0 Å². The summed E-state index contributed by atoms with van der Waals surface area (Å²) in [5.41, 5.74) is 4.31. The van der Waals surface area contributed by atoms with Crippen LogP contribution in [0.1, 0.15) is 93.7 Å². The average Bonchev–Trinajstić information content (AvgIpc) is 3.89. The lowest BCUT2D eigenvalue weighted by molar-refractivity contribution is -0.130. The highest BCUT2D eigenvalue weighted by molar-refractivity contribution is 5.95. The van der Waals surface area contributed by atoms with Gasteiger partial charge in [0, 0.05) is 51.9 Å². The molecule has 1 aliphatic heterocycles. The number of aromatic nitrogens is 4. The summed E-state index contributed by atoms with van der Waals surface area (Å²) in [6.45, 7) is 0.732. The van der Waals surface area contributed by atoms with Crippen LogP contribution in [0, 0.1) is 17.2 Å². The van der Waals surface area contributed by atoms with Gasteiger partial charge in [-0.3, -0.25) is 14.4 Å². The van der Waals surface area contributed by atoms with Gasteiger partial charge in [0.1, 0.15) is 6.04 Å². The first-order valence-corrected chi connectivity index (χ1v) is 17.0. The van der Waals surface area contributed by atoms with Crippen molar-refractivity contribution >= 4 is 17.7 Å². The molecule has 2 aromatic carbocycles. The van der Waals surface area contributed by atoms with Crippen LogP contribution >= 0.6 is 0 Å². The van der Waals surface area contributed by atoms with Crippen molar-refractivity contribution in [2.24, 2.45) is 5.92 Å². The fourth-order valence-electron chi connectivity index (χ4n) is 8.14. The molecule has 3 amide bonds. The number of benzene rings is 2. The second-order valence-electron chi connectivity index (χ2n) is 13.9. The summed E-state index contributed by atoms with van der Waals surface area (Å²) in [4.78, 5) is 44.6. The maximum absolute atomic E-state index is 13.5. The summed E-state index contributed by atoms with van der Waals surface area (Å²) in [7, 11) is 6.99. The number of likely N-dealkylation sites (tertiary alicyclic amines) is 1. The number of hydrogen-bond donors (Lipinski definition) is 2. The highest BCUT2D eigenvalue weighted by Gasteiger charge is 2.48. The van der Waals surface area contributed by atoms with E-state index in [1.165, 1.54) is 0 Å². The summed E-state index contributed by atoms with van der Waals surface area (Å²) in [6, 6.07) is 13.6. The number of carbonyl (C=O) groups excluding carboxylic acids is 3. The Bertz CT molecular complexity index is 1630. The zero-order valence-electron chi connectivity index (χ0n) is 28.3. The number of fused-ring (bicyclic) bond motifs is 2. The predicted molar refractivity (Wildman–Crippen MR) is 179 cm³/mol. The van der Waals surface area contributed by atoms with Gasteiger partial charge < -0.3 is 20.0 Å². The molecule has 3 aliphatic rings. The van der Waals surface area contributed by atoms with Crippen LogP contribution in [0.3, 0.4) is 0 Å². The van der Waals surface area contributed by atoms with Gasteiger partial charge in [-0.25, -0.2) is 0 Å². The fraction of sp³-hybridized carbons (Fsp3) is 0.528. The Hall–Kier alpha value is -4.63. The van der Waals surface area contributed by atoms with Gasteiger partial charge in [-0.1, -0.05) is 30.2 Å². The van der Waals surface area contributed by atoms with Crippen LogP contribution in [0.25, 0.3) is 0 Å². The fourth-order valence-corrected chi connectivity index (χ4v) is 8.14. The Morgan fingerprint density at radius 1 is 0.958 bits per heavy atom. The molecule has 3 aromatic rings. The Labute approximate surface area is 281 Å². The Balaban J connectivity index is 1.50. The van der Waals surface area contributed by atoms with Crippen molar-refractivity contribution in [1.29, 1.82) is 5.26 Å². The molecule has 2 N–H and O–H groups in total. The molecule has 1 saturated carbocycles. The number of aromatic amines is 1. The molecule has 0 bridgehead atoms. The van der Waals surface area contributed by atoms with Crippen LogP contribution in [-0.2, 0) is 23.1 Å². The first-order chi connectivity index (χ1) is 23.1. The third-order valence-electron chi connectivity index (χ3n) is 10.6. The molecule has 1 aromatic heterocycles. The topological polar surface area (TPSA) is 151 Å². The molecular formula is C36H45N9O3. The van der Waals surface area contributed by atoms with E-state index in [0.717, 1.165) is 54.4 Å². The first kappa shape index (κ1) is 33.3. The van der Waals surface area contributed by atoms with E-state index >= 15 is 0 Å². The van der Waals surface area contributed by atoms with Gasteiger partial charge in [-0.2, -0.15) is 10.5 Å². The number of nitrogens with one attached hydrogen (secondary N) is 2. The third kappa shape index (κ3) is 6.19. The molecule has 2 atom stereocenters. The normalized spacial score (nSPS) is 19.1.